The van der Waals surface area contributed by atoms with Crippen LogP contribution in [0.1, 0.15) is 0 Å². The first-order chi connectivity index (χ1) is 7.36. The summed E-state index contributed by atoms with van der Waals surface area (Å²) in [5.41, 5.74) is 0.679. The normalized spacial score (nSPS) is 14.0. The van der Waals surface area contributed by atoms with Crippen molar-refractivity contribution in [3.05, 3.63) is 36.9 Å². The maximum atomic E-state index is 11.6. The molecule has 1 aliphatic heterocycles. The van der Waals surface area contributed by atoms with Crippen molar-refractivity contribution >= 4 is 17.9 Å². The Labute approximate surface area is 87.1 Å². The molecule has 2 rings (SSSR count). The third-order valence-corrected chi connectivity index (χ3v) is 1.89. The van der Waals surface area contributed by atoms with Gasteiger partial charge in [-0.1, -0.05) is 0 Å². The summed E-state index contributed by atoms with van der Waals surface area (Å²) in [5, 5.41) is 2.72. The highest BCUT2D eigenvalue weighted by molar-refractivity contribution is 5.91. The van der Waals surface area contributed by atoms with Crippen LogP contribution in [-0.2, 0) is 0 Å². The molecule has 1 N–H and O–H groups in total. The van der Waals surface area contributed by atoms with E-state index in [9.17, 15) is 4.79 Å². The lowest BCUT2D eigenvalue weighted by Gasteiger charge is -2.18. The minimum absolute atomic E-state index is 0.189. The van der Waals surface area contributed by atoms with E-state index in [1.165, 1.54) is 4.90 Å². The molecule has 1 aromatic heterocycles. The van der Waals surface area contributed by atoms with E-state index in [4.69, 9.17) is 0 Å². The van der Waals surface area contributed by atoms with Gasteiger partial charge in [-0.05, 0) is 12.1 Å². The first kappa shape index (κ1) is 9.39. The van der Waals surface area contributed by atoms with Crippen molar-refractivity contribution in [2.75, 3.05) is 11.9 Å². The molecule has 0 bridgehead atoms. The monoisotopic (exact) mass is 202 g/mol. The Morgan fingerprint density at radius 2 is 2.47 bits per heavy atom. The lowest BCUT2D eigenvalue weighted by molar-refractivity contribution is 0.232. The van der Waals surface area contributed by atoms with E-state index in [-0.39, 0.29) is 6.03 Å². The molecular formula is C10H10N4O. The number of carbonyl (C=O) groups is 1. The van der Waals surface area contributed by atoms with Crippen LogP contribution >= 0.6 is 0 Å². The molecule has 2 amide bonds. The largest absolute Gasteiger partial charge is 0.326 e. The molecule has 0 atom stereocenters. The number of carbonyl (C=O) groups excluding carboxylic acids is 1. The molecule has 0 spiro atoms. The molecule has 0 radical (unpaired) electrons. The Kier molecular flexibility index (Phi) is 2.73. The fourth-order valence-corrected chi connectivity index (χ4v) is 1.16. The Balaban J connectivity index is 1.98. The number of nitrogens with zero attached hydrogens (tertiary/aromatic N) is 3. The average Bonchev–Trinajstić information content (AvgIpc) is 2.31. The van der Waals surface area contributed by atoms with Crippen LogP contribution in [0.5, 0.6) is 0 Å². The highest BCUT2D eigenvalue weighted by Gasteiger charge is 2.10. The van der Waals surface area contributed by atoms with E-state index in [1.807, 2.05) is 0 Å². The van der Waals surface area contributed by atoms with Crippen molar-refractivity contribution in [3.63, 3.8) is 0 Å². The molecule has 1 aliphatic rings. The van der Waals surface area contributed by atoms with E-state index in [0.717, 1.165) is 0 Å². The topological polar surface area (TPSA) is 57.6 Å². The minimum Gasteiger partial charge on any atom is -0.306 e. The smallest absolute Gasteiger partial charge is 0.306 e. The zero-order chi connectivity index (χ0) is 10.5. The number of rotatable bonds is 1. The number of hydrogen-bond acceptors (Lipinski definition) is 3. The molecule has 76 valence electrons. The summed E-state index contributed by atoms with van der Waals surface area (Å²) in [4.78, 5) is 21.0. The Morgan fingerprint density at radius 3 is 3.13 bits per heavy atom. The van der Waals surface area contributed by atoms with Gasteiger partial charge >= 0.3 is 6.03 Å². The lowest BCUT2D eigenvalue weighted by atomic mass is 10.4. The molecule has 0 unspecified atom stereocenters. The standard InChI is InChI=1S/C10H10N4O/c15-10(14-6-4-11-5-7-14)13-9-2-1-3-12-8-9/h1-6,8H,7H2,(H,13,15). The van der Waals surface area contributed by atoms with Gasteiger partial charge in [0, 0.05) is 24.8 Å². The second-order valence-electron chi connectivity index (χ2n) is 2.95. The molecule has 1 aromatic rings. The third-order valence-electron chi connectivity index (χ3n) is 1.89. The summed E-state index contributed by atoms with van der Waals surface area (Å²) < 4.78 is 0. The summed E-state index contributed by atoms with van der Waals surface area (Å²) in [6.07, 6.45) is 8.13. The van der Waals surface area contributed by atoms with E-state index in [0.29, 0.717) is 12.2 Å². The van der Waals surface area contributed by atoms with Crippen LogP contribution in [0.2, 0.25) is 0 Å². The number of hydrogen-bond donors (Lipinski definition) is 1. The predicted molar refractivity (Wildman–Crippen MR) is 57.6 cm³/mol. The highest BCUT2D eigenvalue weighted by atomic mass is 16.2. The van der Waals surface area contributed by atoms with Crippen molar-refractivity contribution in [1.29, 1.82) is 0 Å². The zero-order valence-electron chi connectivity index (χ0n) is 8.00. The van der Waals surface area contributed by atoms with E-state index in [1.54, 1.807) is 43.1 Å². The predicted octanol–water partition coefficient (Wildman–Crippen LogP) is 1.47. The maximum Gasteiger partial charge on any atom is 0.326 e. The van der Waals surface area contributed by atoms with E-state index < -0.39 is 0 Å². The molecule has 2 heterocycles. The molecule has 0 saturated carbocycles. The Hall–Kier alpha value is -2.17. The van der Waals surface area contributed by atoms with Crippen molar-refractivity contribution in [3.8, 4) is 0 Å². The average molecular weight is 202 g/mol. The van der Waals surface area contributed by atoms with Gasteiger partial charge in [-0.2, -0.15) is 0 Å². The van der Waals surface area contributed by atoms with Crippen LogP contribution in [0.15, 0.2) is 41.9 Å². The molecular weight excluding hydrogens is 192 g/mol. The first-order valence-corrected chi connectivity index (χ1v) is 4.52. The van der Waals surface area contributed by atoms with Gasteiger partial charge in [-0.3, -0.25) is 14.9 Å². The lowest BCUT2D eigenvalue weighted by Crippen LogP contribution is -2.32. The fourth-order valence-electron chi connectivity index (χ4n) is 1.16. The Morgan fingerprint density at radius 1 is 1.53 bits per heavy atom. The Bertz CT molecular complexity index is 399. The van der Waals surface area contributed by atoms with Gasteiger partial charge in [0.2, 0.25) is 0 Å². The third kappa shape index (κ3) is 2.40. The minimum atomic E-state index is -0.189. The van der Waals surface area contributed by atoms with Gasteiger partial charge < -0.3 is 5.32 Å². The summed E-state index contributed by atoms with van der Waals surface area (Å²) in [6.45, 7) is 0.489. The van der Waals surface area contributed by atoms with Gasteiger partial charge in [0.15, 0.2) is 0 Å². The second kappa shape index (κ2) is 4.36. The zero-order valence-corrected chi connectivity index (χ0v) is 8.00. The second-order valence-corrected chi connectivity index (χ2v) is 2.95. The van der Waals surface area contributed by atoms with Crippen LogP contribution < -0.4 is 5.32 Å². The molecule has 0 fully saturated rings. The number of aromatic nitrogens is 1. The van der Waals surface area contributed by atoms with Crippen molar-refractivity contribution in [2.24, 2.45) is 4.99 Å². The van der Waals surface area contributed by atoms with Gasteiger partial charge in [-0.15, -0.1) is 0 Å². The molecule has 0 aromatic carbocycles. The molecule has 0 saturated heterocycles. The first-order valence-electron chi connectivity index (χ1n) is 4.52. The maximum absolute atomic E-state index is 11.6. The number of aliphatic imine (C=N–C) groups is 1. The van der Waals surface area contributed by atoms with Crippen LogP contribution in [0, 0.1) is 0 Å². The molecule has 0 aliphatic carbocycles. The quantitative estimate of drug-likeness (QED) is 0.749. The number of urea groups is 1. The van der Waals surface area contributed by atoms with Crippen molar-refractivity contribution in [2.45, 2.75) is 0 Å². The van der Waals surface area contributed by atoms with E-state index in [2.05, 4.69) is 15.3 Å². The summed E-state index contributed by atoms with van der Waals surface area (Å²) >= 11 is 0. The number of amides is 2. The van der Waals surface area contributed by atoms with Crippen LogP contribution in [0.3, 0.4) is 0 Å². The van der Waals surface area contributed by atoms with Crippen LogP contribution in [-0.4, -0.2) is 28.7 Å². The van der Waals surface area contributed by atoms with Gasteiger partial charge in [0.25, 0.3) is 0 Å². The van der Waals surface area contributed by atoms with Gasteiger partial charge in [0.1, 0.15) is 0 Å². The summed E-state index contributed by atoms with van der Waals surface area (Å²) in [6, 6.07) is 3.36. The number of pyridine rings is 1. The summed E-state index contributed by atoms with van der Waals surface area (Å²) in [5.74, 6) is 0. The molecule has 5 nitrogen and oxygen atoms in total. The fraction of sp³-hybridized carbons (Fsp3) is 0.100. The highest BCUT2D eigenvalue weighted by Crippen LogP contribution is 2.05. The van der Waals surface area contributed by atoms with Gasteiger partial charge in [-0.25, -0.2) is 4.79 Å². The van der Waals surface area contributed by atoms with Crippen molar-refractivity contribution < 1.29 is 4.79 Å². The van der Waals surface area contributed by atoms with Crippen LogP contribution in [0.25, 0.3) is 0 Å². The number of nitrogens with one attached hydrogen (secondary N) is 1. The molecule has 5 heteroatoms. The van der Waals surface area contributed by atoms with Crippen LogP contribution in [0.4, 0.5) is 10.5 Å². The van der Waals surface area contributed by atoms with E-state index >= 15 is 0 Å². The SMILES string of the molecule is O=C(Nc1cccnc1)N1C=CN=CC1. The summed E-state index contributed by atoms with van der Waals surface area (Å²) in [7, 11) is 0. The number of anilines is 1. The van der Waals surface area contributed by atoms with Gasteiger partial charge in [0.05, 0.1) is 18.4 Å². The molecule has 15 heavy (non-hydrogen) atoms. The van der Waals surface area contributed by atoms with Crippen molar-refractivity contribution in [1.82, 2.24) is 9.88 Å².